The minimum atomic E-state index is -0.564. The Morgan fingerprint density at radius 2 is 1.75 bits per heavy atom. The van der Waals surface area contributed by atoms with E-state index >= 15 is 0 Å². The normalized spacial score (nSPS) is 15.2. The van der Waals surface area contributed by atoms with Gasteiger partial charge >= 0.3 is 0 Å². The molecule has 3 heteroatoms. The molecule has 0 aromatic heterocycles. The van der Waals surface area contributed by atoms with Crippen LogP contribution in [0.4, 0.5) is 0 Å². The topological polar surface area (TPSA) is 41.5 Å². The van der Waals surface area contributed by atoms with E-state index in [0.29, 0.717) is 12.6 Å². The van der Waals surface area contributed by atoms with E-state index < -0.39 is 5.60 Å². The van der Waals surface area contributed by atoms with Crippen LogP contribution >= 0.6 is 0 Å². The van der Waals surface area contributed by atoms with Crippen LogP contribution in [0, 0.1) is 0 Å². The Morgan fingerprint density at radius 1 is 1.25 bits per heavy atom. The zero-order valence-electron chi connectivity index (χ0n) is 11.8. The molecule has 0 saturated heterocycles. The number of methoxy groups -OCH3 is 1. The number of hydrogen-bond donors (Lipinski definition) is 2. The molecule has 0 heterocycles. The molecule has 0 saturated carbocycles. The van der Waals surface area contributed by atoms with Crippen LogP contribution in [0.15, 0.2) is 0 Å². The van der Waals surface area contributed by atoms with Gasteiger partial charge in [-0.05, 0) is 40.0 Å². The monoisotopic (exact) mass is 231 g/mol. The fourth-order valence-electron chi connectivity index (χ4n) is 1.76. The van der Waals surface area contributed by atoms with E-state index in [9.17, 15) is 5.11 Å². The fourth-order valence-corrected chi connectivity index (χ4v) is 1.76. The molecule has 0 aromatic carbocycles. The van der Waals surface area contributed by atoms with Crippen molar-refractivity contribution in [2.45, 2.75) is 71.1 Å². The molecule has 98 valence electrons. The van der Waals surface area contributed by atoms with Crippen molar-refractivity contribution in [2.24, 2.45) is 0 Å². The molecule has 3 nitrogen and oxygen atoms in total. The summed E-state index contributed by atoms with van der Waals surface area (Å²) in [5.41, 5.74) is -0.672. The number of rotatable bonds is 8. The Kier molecular flexibility index (Phi) is 6.53. The zero-order valence-corrected chi connectivity index (χ0v) is 11.8. The van der Waals surface area contributed by atoms with Gasteiger partial charge in [0.15, 0.2) is 0 Å². The Bertz CT molecular complexity index is 188. The lowest BCUT2D eigenvalue weighted by Crippen LogP contribution is -2.45. The molecule has 2 N–H and O–H groups in total. The van der Waals surface area contributed by atoms with Gasteiger partial charge in [-0.25, -0.2) is 0 Å². The molecule has 0 aliphatic rings. The molecule has 0 rings (SSSR count). The van der Waals surface area contributed by atoms with Gasteiger partial charge in [0, 0.05) is 19.7 Å². The molecule has 0 bridgehead atoms. The second-order valence-corrected chi connectivity index (χ2v) is 5.38. The summed E-state index contributed by atoms with van der Waals surface area (Å²) < 4.78 is 5.39. The third kappa shape index (κ3) is 5.83. The summed E-state index contributed by atoms with van der Waals surface area (Å²) in [6.07, 6.45) is 2.51. The first-order valence-electron chi connectivity index (χ1n) is 6.29. The maximum atomic E-state index is 10.1. The third-order valence-electron chi connectivity index (χ3n) is 3.45. The Hall–Kier alpha value is -0.120. The second-order valence-electron chi connectivity index (χ2n) is 5.38. The van der Waals surface area contributed by atoms with Gasteiger partial charge in [-0.2, -0.15) is 0 Å². The SMILES string of the molecule is CCC(O)(CC)CNC(C)CC(C)(C)OC. The lowest BCUT2D eigenvalue weighted by molar-refractivity contribution is 0.000514. The van der Waals surface area contributed by atoms with E-state index in [4.69, 9.17) is 4.74 Å². The largest absolute Gasteiger partial charge is 0.389 e. The van der Waals surface area contributed by atoms with E-state index in [1.165, 1.54) is 0 Å². The summed E-state index contributed by atoms with van der Waals surface area (Å²) in [6, 6.07) is 0.347. The van der Waals surface area contributed by atoms with Gasteiger partial charge < -0.3 is 15.2 Å². The van der Waals surface area contributed by atoms with Crippen LogP contribution in [0.1, 0.15) is 53.9 Å². The van der Waals surface area contributed by atoms with Gasteiger partial charge in [-0.3, -0.25) is 0 Å². The number of ether oxygens (including phenoxy) is 1. The van der Waals surface area contributed by atoms with Gasteiger partial charge in [0.1, 0.15) is 0 Å². The Labute approximate surface area is 101 Å². The lowest BCUT2D eigenvalue weighted by atomic mass is 9.95. The van der Waals surface area contributed by atoms with Gasteiger partial charge in [0.2, 0.25) is 0 Å². The lowest BCUT2D eigenvalue weighted by Gasteiger charge is -2.31. The van der Waals surface area contributed by atoms with Crippen molar-refractivity contribution in [1.82, 2.24) is 5.32 Å². The van der Waals surface area contributed by atoms with Gasteiger partial charge in [0.25, 0.3) is 0 Å². The highest BCUT2D eigenvalue weighted by Gasteiger charge is 2.25. The molecule has 0 spiro atoms. The first kappa shape index (κ1) is 15.9. The summed E-state index contributed by atoms with van der Waals surface area (Å²) in [7, 11) is 1.74. The van der Waals surface area contributed by atoms with E-state index in [1.54, 1.807) is 7.11 Å². The van der Waals surface area contributed by atoms with Crippen LogP contribution in [0.3, 0.4) is 0 Å². The highest BCUT2D eigenvalue weighted by molar-refractivity contribution is 4.81. The zero-order chi connectivity index (χ0) is 12.8. The Morgan fingerprint density at radius 3 is 2.12 bits per heavy atom. The van der Waals surface area contributed by atoms with Crippen molar-refractivity contribution >= 4 is 0 Å². The average molecular weight is 231 g/mol. The molecule has 0 radical (unpaired) electrons. The molecule has 1 unspecified atom stereocenters. The smallest absolute Gasteiger partial charge is 0.0766 e. The molecule has 0 aliphatic heterocycles. The summed E-state index contributed by atoms with van der Waals surface area (Å²) in [6.45, 7) is 11.0. The molecule has 16 heavy (non-hydrogen) atoms. The molecule has 0 aromatic rings. The fraction of sp³-hybridized carbons (Fsp3) is 1.00. The van der Waals surface area contributed by atoms with E-state index in [2.05, 4.69) is 26.1 Å². The molecule has 0 aliphatic carbocycles. The van der Waals surface area contributed by atoms with Crippen molar-refractivity contribution in [1.29, 1.82) is 0 Å². The van der Waals surface area contributed by atoms with Crippen molar-refractivity contribution < 1.29 is 9.84 Å². The summed E-state index contributed by atoms with van der Waals surface area (Å²) in [5, 5.41) is 13.5. The van der Waals surface area contributed by atoms with Crippen molar-refractivity contribution in [3.05, 3.63) is 0 Å². The average Bonchev–Trinajstić information content (AvgIpc) is 2.25. The predicted octanol–water partition coefficient (Wildman–Crippen LogP) is 2.33. The van der Waals surface area contributed by atoms with Crippen LogP contribution in [0.5, 0.6) is 0 Å². The van der Waals surface area contributed by atoms with E-state index in [-0.39, 0.29) is 5.60 Å². The van der Waals surface area contributed by atoms with Crippen LogP contribution in [0.25, 0.3) is 0 Å². The summed E-state index contributed by atoms with van der Waals surface area (Å²) >= 11 is 0. The minimum Gasteiger partial charge on any atom is -0.389 e. The molecule has 0 fully saturated rings. The first-order valence-corrected chi connectivity index (χ1v) is 6.29. The molecular formula is C13H29NO2. The number of aliphatic hydroxyl groups is 1. The molecule has 0 amide bonds. The maximum Gasteiger partial charge on any atom is 0.0766 e. The Balaban J connectivity index is 4.02. The summed E-state index contributed by atoms with van der Waals surface area (Å²) in [4.78, 5) is 0. The predicted molar refractivity (Wildman–Crippen MR) is 68.7 cm³/mol. The third-order valence-corrected chi connectivity index (χ3v) is 3.45. The quantitative estimate of drug-likeness (QED) is 0.673. The standard InChI is InChI=1S/C13H29NO2/c1-7-13(15,8-2)10-14-11(3)9-12(4,5)16-6/h11,14-15H,7-10H2,1-6H3. The van der Waals surface area contributed by atoms with Crippen LogP contribution < -0.4 is 5.32 Å². The van der Waals surface area contributed by atoms with Crippen molar-refractivity contribution in [2.75, 3.05) is 13.7 Å². The number of hydrogen-bond acceptors (Lipinski definition) is 3. The van der Waals surface area contributed by atoms with E-state index in [0.717, 1.165) is 19.3 Å². The first-order chi connectivity index (χ1) is 7.28. The molecular weight excluding hydrogens is 202 g/mol. The van der Waals surface area contributed by atoms with Crippen LogP contribution in [0.2, 0.25) is 0 Å². The maximum absolute atomic E-state index is 10.1. The van der Waals surface area contributed by atoms with Crippen molar-refractivity contribution in [3.63, 3.8) is 0 Å². The highest BCUT2D eigenvalue weighted by atomic mass is 16.5. The number of nitrogens with one attached hydrogen (secondary N) is 1. The van der Waals surface area contributed by atoms with Gasteiger partial charge in [0.05, 0.1) is 11.2 Å². The minimum absolute atomic E-state index is 0.108. The molecule has 1 atom stereocenters. The van der Waals surface area contributed by atoms with Crippen LogP contribution in [-0.2, 0) is 4.74 Å². The second kappa shape index (κ2) is 6.58. The highest BCUT2D eigenvalue weighted by Crippen LogP contribution is 2.17. The van der Waals surface area contributed by atoms with Crippen LogP contribution in [-0.4, -0.2) is 36.0 Å². The van der Waals surface area contributed by atoms with Gasteiger partial charge in [-0.1, -0.05) is 13.8 Å². The van der Waals surface area contributed by atoms with E-state index in [1.807, 2.05) is 13.8 Å². The van der Waals surface area contributed by atoms with Crippen molar-refractivity contribution in [3.8, 4) is 0 Å². The summed E-state index contributed by atoms with van der Waals surface area (Å²) in [5.74, 6) is 0. The van der Waals surface area contributed by atoms with Gasteiger partial charge in [-0.15, -0.1) is 0 Å².